The third kappa shape index (κ3) is 2.36. The molecular formula is C17H20N2O. The van der Waals surface area contributed by atoms with Crippen molar-refractivity contribution in [1.29, 1.82) is 0 Å². The SMILES string of the molecule is OC(c1ccccc1)(c1ccccc1)C1CNCCN1. The van der Waals surface area contributed by atoms with E-state index < -0.39 is 5.60 Å². The van der Waals surface area contributed by atoms with Crippen molar-refractivity contribution in [1.82, 2.24) is 10.6 Å². The molecule has 1 saturated heterocycles. The van der Waals surface area contributed by atoms with Crippen LogP contribution in [0.1, 0.15) is 11.1 Å². The molecule has 2 aromatic carbocycles. The summed E-state index contributed by atoms with van der Waals surface area (Å²) in [5, 5.41) is 18.3. The van der Waals surface area contributed by atoms with Crippen LogP contribution in [-0.4, -0.2) is 30.8 Å². The first kappa shape index (κ1) is 13.3. The van der Waals surface area contributed by atoms with Crippen LogP contribution in [0.25, 0.3) is 0 Å². The molecule has 1 aliphatic heterocycles. The summed E-state index contributed by atoms with van der Waals surface area (Å²) in [5.41, 5.74) is 0.829. The van der Waals surface area contributed by atoms with Gasteiger partial charge in [-0.3, -0.25) is 0 Å². The molecule has 3 nitrogen and oxygen atoms in total. The maximum atomic E-state index is 11.5. The third-order valence-electron chi connectivity index (χ3n) is 3.97. The summed E-state index contributed by atoms with van der Waals surface area (Å²) in [6, 6.07) is 19.8. The van der Waals surface area contributed by atoms with Gasteiger partial charge in [0, 0.05) is 19.6 Å². The van der Waals surface area contributed by atoms with E-state index >= 15 is 0 Å². The predicted molar refractivity (Wildman–Crippen MR) is 80.5 cm³/mol. The molecule has 1 heterocycles. The van der Waals surface area contributed by atoms with Crippen LogP contribution in [0.3, 0.4) is 0 Å². The van der Waals surface area contributed by atoms with Crippen molar-refractivity contribution in [2.75, 3.05) is 19.6 Å². The zero-order valence-corrected chi connectivity index (χ0v) is 11.4. The molecule has 0 bridgehead atoms. The number of hydrogen-bond acceptors (Lipinski definition) is 3. The van der Waals surface area contributed by atoms with Crippen LogP contribution in [0.2, 0.25) is 0 Å². The van der Waals surface area contributed by atoms with E-state index in [1.165, 1.54) is 0 Å². The number of aliphatic hydroxyl groups is 1. The van der Waals surface area contributed by atoms with Gasteiger partial charge < -0.3 is 15.7 Å². The molecular weight excluding hydrogens is 248 g/mol. The molecule has 1 unspecified atom stereocenters. The average Bonchev–Trinajstić information content (AvgIpc) is 2.56. The van der Waals surface area contributed by atoms with Crippen LogP contribution in [0.5, 0.6) is 0 Å². The lowest BCUT2D eigenvalue weighted by molar-refractivity contribution is 0.0319. The first-order chi connectivity index (χ1) is 9.82. The van der Waals surface area contributed by atoms with Gasteiger partial charge in [-0.15, -0.1) is 0 Å². The van der Waals surface area contributed by atoms with E-state index in [0.717, 1.165) is 30.8 Å². The number of piperazine rings is 1. The zero-order valence-electron chi connectivity index (χ0n) is 11.4. The van der Waals surface area contributed by atoms with Gasteiger partial charge in [0.1, 0.15) is 5.60 Å². The average molecular weight is 268 g/mol. The molecule has 0 amide bonds. The molecule has 0 radical (unpaired) electrons. The molecule has 1 fully saturated rings. The Morgan fingerprint density at radius 1 is 0.850 bits per heavy atom. The molecule has 0 aromatic heterocycles. The minimum atomic E-state index is -1.02. The fourth-order valence-electron chi connectivity index (χ4n) is 2.90. The van der Waals surface area contributed by atoms with Gasteiger partial charge in [-0.2, -0.15) is 0 Å². The summed E-state index contributed by atoms with van der Waals surface area (Å²) in [6.07, 6.45) is 0. The molecule has 20 heavy (non-hydrogen) atoms. The molecule has 0 aliphatic carbocycles. The van der Waals surface area contributed by atoms with Crippen molar-refractivity contribution in [3.63, 3.8) is 0 Å². The Bertz CT molecular complexity index is 496. The number of nitrogens with one attached hydrogen (secondary N) is 2. The highest BCUT2D eigenvalue weighted by Gasteiger charge is 2.40. The molecule has 3 N–H and O–H groups in total. The Morgan fingerprint density at radius 3 is 1.85 bits per heavy atom. The zero-order chi connectivity index (χ0) is 13.8. The van der Waals surface area contributed by atoms with E-state index in [4.69, 9.17) is 0 Å². The van der Waals surface area contributed by atoms with Crippen LogP contribution >= 0.6 is 0 Å². The molecule has 104 valence electrons. The smallest absolute Gasteiger partial charge is 0.131 e. The van der Waals surface area contributed by atoms with E-state index in [-0.39, 0.29) is 6.04 Å². The highest BCUT2D eigenvalue weighted by atomic mass is 16.3. The summed E-state index contributed by atoms with van der Waals surface area (Å²) in [5.74, 6) is 0. The summed E-state index contributed by atoms with van der Waals surface area (Å²) < 4.78 is 0. The van der Waals surface area contributed by atoms with Crippen LogP contribution in [-0.2, 0) is 5.60 Å². The number of benzene rings is 2. The molecule has 1 atom stereocenters. The standard InChI is InChI=1S/C17H20N2O/c20-17(14-7-3-1-4-8-14,15-9-5-2-6-10-15)16-13-18-11-12-19-16/h1-10,16,18-20H,11-13H2. The van der Waals surface area contributed by atoms with Gasteiger partial charge in [0.15, 0.2) is 0 Å². The van der Waals surface area contributed by atoms with Crippen molar-refractivity contribution < 1.29 is 5.11 Å². The lowest BCUT2D eigenvalue weighted by Gasteiger charge is -2.40. The van der Waals surface area contributed by atoms with Gasteiger partial charge in [-0.1, -0.05) is 60.7 Å². The van der Waals surface area contributed by atoms with E-state index in [1.54, 1.807) is 0 Å². The lowest BCUT2D eigenvalue weighted by atomic mass is 9.79. The Hall–Kier alpha value is -1.68. The maximum absolute atomic E-state index is 11.5. The van der Waals surface area contributed by atoms with Crippen molar-refractivity contribution in [3.05, 3.63) is 71.8 Å². The van der Waals surface area contributed by atoms with Gasteiger partial charge in [-0.25, -0.2) is 0 Å². The minimum absolute atomic E-state index is 0.0407. The number of hydrogen-bond donors (Lipinski definition) is 3. The Morgan fingerprint density at radius 2 is 1.40 bits per heavy atom. The quantitative estimate of drug-likeness (QED) is 0.790. The highest BCUT2D eigenvalue weighted by molar-refractivity contribution is 5.38. The highest BCUT2D eigenvalue weighted by Crippen LogP contribution is 2.33. The van der Waals surface area contributed by atoms with Gasteiger partial charge in [0.2, 0.25) is 0 Å². The first-order valence-electron chi connectivity index (χ1n) is 7.09. The largest absolute Gasteiger partial charge is 0.379 e. The summed E-state index contributed by atoms with van der Waals surface area (Å²) in [4.78, 5) is 0. The first-order valence-corrected chi connectivity index (χ1v) is 7.09. The summed E-state index contributed by atoms with van der Waals surface area (Å²) in [6.45, 7) is 2.56. The lowest BCUT2D eigenvalue weighted by Crippen LogP contribution is -2.59. The molecule has 0 spiro atoms. The predicted octanol–water partition coefficient (Wildman–Crippen LogP) is 1.48. The van der Waals surface area contributed by atoms with Crippen LogP contribution in [0.4, 0.5) is 0 Å². The third-order valence-corrected chi connectivity index (χ3v) is 3.97. The number of rotatable bonds is 3. The molecule has 2 aromatic rings. The minimum Gasteiger partial charge on any atom is -0.379 e. The second-order valence-electron chi connectivity index (χ2n) is 5.21. The molecule has 3 rings (SSSR count). The monoisotopic (exact) mass is 268 g/mol. The van der Waals surface area contributed by atoms with Crippen molar-refractivity contribution in [2.45, 2.75) is 11.6 Å². The van der Waals surface area contributed by atoms with E-state index in [2.05, 4.69) is 10.6 Å². The Kier molecular flexibility index (Phi) is 3.83. The van der Waals surface area contributed by atoms with Crippen LogP contribution in [0, 0.1) is 0 Å². The van der Waals surface area contributed by atoms with E-state index in [0.29, 0.717) is 0 Å². The van der Waals surface area contributed by atoms with Crippen molar-refractivity contribution in [3.8, 4) is 0 Å². The summed E-state index contributed by atoms with van der Waals surface area (Å²) in [7, 11) is 0. The second-order valence-corrected chi connectivity index (χ2v) is 5.21. The Balaban J connectivity index is 2.07. The van der Waals surface area contributed by atoms with Crippen LogP contribution < -0.4 is 10.6 Å². The summed E-state index contributed by atoms with van der Waals surface area (Å²) >= 11 is 0. The van der Waals surface area contributed by atoms with E-state index in [9.17, 15) is 5.11 Å². The fourth-order valence-corrected chi connectivity index (χ4v) is 2.90. The van der Waals surface area contributed by atoms with Crippen molar-refractivity contribution >= 4 is 0 Å². The Labute approximate surface area is 119 Å². The maximum Gasteiger partial charge on any atom is 0.131 e. The van der Waals surface area contributed by atoms with E-state index in [1.807, 2.05) is 60.7 Å². The van der Waals surface area contributed by atoms with Gasteiger partial charge in [0.05, 0.1) is 6.04 Å². The van der Waals surface area contributed by atoms with Crippen LogP contribution in [0.15, 0.2) is 60.7 Å². The topological polar surface area (TPSA) is 44.3 Å². The van der Waals surface area contributed by atoms with Gasteiger partial charge >= 0.3 is 0 Å². The van der Waals surface area contributed by atoms with Gasteiger partial charge in [0.25, 0.3) is 0 Å². The molecule has 1 aliphatic rings. The normalized spacial score (nSPS) is 19.8. The molecule has 0 saturated carbocycles. The fraction of sp³-hybridized carbons (Fsp3) is 0.294. The van der Waals surface area contributed by atoms with Crippen molar-refractivity contribution in [2.24, 2.45) is 0 Å². The second kappa shape index (κ2) is 5.75. The molecule has 3 heteroatoms. The van der Waals surface area contributed by atoms with Gasteiger partial charge in [-0.05, 0) is 11.1 Å².